The highest BCUT2D eigenvalue weighted by atomic mass is 16.3. The molecule has 0 saturated carbocycles. The Morgan fingerprint density at radius 1 is 1.19 bits per heavy atom. The van der Waals surface area contributed by atoms with Crippen LogP contribution in [0.1, 0.15) is 31.9 Å². The molecular weight excluding hydrogens is 198 g/mol. The highest BCUT2D eigenvalue weighted by Gasteiger charge is 2.18. The summed E-state index contributed by atoms with van der Waals surface area (Å²) in [4.78, 5) is 3.96. The van der Waals surface area contributed by atoms with E-state index in [-0.39, 0.29) is 5.41 Å². The van der Waals surface area contributed by atoms with Gasteiger partial charge in [0, 0.05) is 5.56 Å². The zero-order valence-electron chi connectivity index (χ0n) is 10.2. The lowest BCUT2D eigenvalue weighted by Crippen LogP contribution is -2.13. The van der Waals surface area contributed by atoms with Crippen molar-refractivity contribution in [2.45, 2.75) is 33.1 Å². The molecule has 0 fully saturated rings. The zero-order chi connectivity index (χ0) is 11.8. The van der Waals surface area contributed by atoms with Gasteiger partial charge < -0.3 is 4.42 Å². The summed E-state index contributed by atoms with van der Waals surface area (Å²) < 4.78 is 5.36. The van der Waals surface area contributed by atoms with E-state index < -0.39 is 0 Å². The maximum Gasteiger partial charge on any atom is 0.181 e. The van der Waals surface area contributed by atoms with E-state index in [2.05, 4.69) is 50.9 Å². The highest BCUT2D eigenvalue weighted by Crippen LogP contribution is 2.32. The van der Waals surface area contributed by atoms with Crippen molar-refractivity contribution in [3.8, 4) is 11.3 Å². The molecule has 2 heteroatoms. The van der Waals surface area contributed by atoms with Crippen LogP contribution < -0.4 is 0 Å². The van der Waals surface area contributed by atoms with Gasteiger partial charge in [0.1, 0.15) is 0 Å². The summed E-state index contributed by atoms with van der Waals surface area (Å²) in [6.07, 6.45) is 3.23. The van der Waals surface area contributed by atoms with Crippen molar-refractivity contribution in [3.63, 3.8) is 0 Å². The Hall–Kier alpha value is -1.57. The molecule has 0 unspecified atom stereocenters. The average molecular weight is 215 g/mol. The lowest BCUT2D eigenvalue weighted by atomic mass is 9.82. The number of rotatable bonds is 1. The summed E-state index contributed by atoms with van der Waals surface area (Å²) >= 11 is 0. The van der Waals surface area contributed by atoms with Crippen molar-refractivity contribution in [2.75, 3.05) is 0 Å². The lowest BCUT2D eigenvalue weighted by Gasteiger charge is -2.22. The number of aromatic nitrogens is 1. The van der Waals surface area contributed by atoms with Gasteiger partial charge in [-0.3, -0.25) is 0 Å². The van der Waals surface area contributed by atoms with E-state index in [1.807, 2.05) is 0 Å². The smallest absolute Gasteiger partial charge is 0.181 e. The van der Waals surface area contributed by atoms with Gasteiger partial charge in [0.2, 0.25) is 0 Å². The minimum atomic E-state index is 0.153. The van der Waals surface area contributed by atoms with E-state index in [0.717, 1.165) is 11.3 Å². The van der Waals surface area contributed by atoms with Crippen molar-refractivity contribution < 1.29 is 4.42 Å². The van der Waals surface area contributed by atoms with Crippen molar-refractivity contribution >= 4 is 0 Å². The Morgan fingerprint density at radius 3 is 2.50 bits per heavy atom. The van der Waals surface area contributed by atoms with E-state index >= 15 is 0 Å². The molecule has 0 aliphatic rings. The van der Waals surface area contributed by atoms with Crippen LogP contribution in [0.5, 0.6) is 0 Å². The first kappa shape index (κ1) is 10.9. The van der Waals surface area contributed by atoms with Crippen LogP contribution in [0, 0.1) is 6.92 Å². The second kappa shape index (κ2) is 3.78. The fourth-order valence-corrected chi connectivity index (χ4v) is 2.06. The molecule has 0 aliphatic carbocycles. The van der Waals surface area contributed by atoms with E-state index in [1.54, 1.807) is 6.20 Å². The molecule has 1 aromatic heterocycles. The molecule has 2 aromatic rings. The Bertz CT molecular complexity index is 478. The van der Waals surface area contributed by atoms with Gasteiger partial charge in [0.25, 0.3) is 0 Å². The largest absolute Gasteiger partial charge is 0.444 e. The standard InChI is InChI=1S/C14H17NO/c1-10-11(13-8-15-9-16-13)6-5-7-12(10)14(2,3)4/h5-9H,1-4H3. The third-order valence-electron chi connectivity index (χ3n) is 2.84. The highest BCUT2D eigenvalue weighted by molar-refractivity contribution is 5.63. The molecule has 2 rings (SSSR count). The second-order valence-electron chi connectivity index (χ2n) is 5.09. The van der Waals surface area contributed by atoms with Crippen molar-refractivity contribution in [1.82, 2.24) is 4.98 Å². The third kappa shape index (κ3) is 1.87. The first-order valence-electron chi connectivity index (χ1n) is 5.49. The van der Waals surface area contributed by atoms with Crippen LogP contribution in [-0.2, 0) is 5.41 Å². The maximum absolute atomic E-state index is 5.36. The molecule has 0 saturated heterocycles. The molecule has 0 aliphatic heterocycles. The van der Waals surface area contributed by atoms with Gasteiger partial charge in [-0.1, -0.05) is 39.0 Å². The predicted molar refractivity (Wildman–Crippen MR) is 65.4 cm³/mol. The number of hydrogen-bond donors (Lipinski definition) is 0. The summed E-state index contributed by atoms with van der Waals surface area (Å²) in [5.74, 6) is 0.837. The molecule has 16 heavy (non-hydrogen) atoms. The third-order valence-corrected chi connectivity index (χ3v) is 2.84. The number of benzene rings is 1. The molecule has 1 aromatic carbocycles. The van der Waals surface area contributed by atoms with E-state index in [0.29, 0.717) is 0 Å². The van der Waals surface area contributed by atoms with Gasteiger partial charge in [0.05, 0.1) is 6.20 Å². The fourth-order valence-electron chi connectivity index (χ4n) is 2.06. The van der Waals surface area contributed by atoms with E-state index in [4.69, 9.17) is 4.42 Å². The molecule has 0 N–H and O–H groups in total. The second-order valence-corrected chi connectivity index (χ2v) is 5.09. The maximum atomic E-state index is 5.36. The summed E-state index contributed by atoms with van der Waals surface area (Å²) in [6, 6.07) is 6.33. The van der Waals surface area contributed by atoms with Gasteiger partial charge >= 0.3 is 0 Å². The van der Waals surface area contributed by atoms with Crippen LogP contribution in [-0.4, -0.2) is 4.98 Å². The van der Waals surface area contributed by atoms with Crippen LogP contribution in [0.2, 0.25) is 0 Å². The van der Waals surface area contributed by atoms with Crippen LogP contribution in [0.4, 0.5) is 0 Å². The molecule has 1 heterocycles. The van der Waals surface area contributed by atoms with E-state index in [1.165, 1.54) is 17.5 Å². The normalized spacial score (nSPS) is 11.8. The molecule has 0 atom stereocenters. The Labute approximate surface area is 96.3 Å². The van der Waals surface area contributed by atoms with Crippen molar-refractivity contribution in [3.05, 3.63) is 41.9 Å². The Morgan fingerprint density at radius 2 is 1.94 bits per heavy atom. The van der Waals surface area contributed by atoms with Gasteiger partial charge in [-0.15, -0.1) is 0 Å². The predicted octanol–water partition coefficient (Wildman–Crippen LogP) is 3.95. The summed E-state index contributed by atoms with van der Waals surface area (Å²) in [5, 5.41) is 0. The quantitative estimate of drug-likeness (QED) is 0.720. The number of oxazole rings is 1. The van der Waals surface area contributed by atoms with Crippen LogP contribution in [0.25, 0.3) is 11.3 Å². The van der Waals surface area contributed by atoms with Crippen LogP contribution >= 0.6 is 0 Å². The topological polar surface area (TPSA) is 26.0 Å². The van der Waals surface area contributed by atoms with Gasteiger partial charge in [-0.25, -0.2) is 4.98 Å². The van der Waals surface area contributed by atoms with E-state index in [9.17, 15) is 0 Å². The van der Waals surface area contributed by atoms with Crippen LogP contribution in [0.15, 0.2) is 35.2 Å². The van der Waals surface area contributed by atoms with Gasteiger partial charge in [0.15, 0.2) is 12.2 Å². The first-order chi connectivity index (χ1) is 7.50. The van der Waals surface area contributed by atoms with Crippen molar-refractivity contribution in [2.24, 2.45) is 0 Å². The van der Waals surface area contributed by atoms with Crippen LogP contribution in [0.3, 0.4) is 0 Å². The number of nitrogens with zero attached hydrogens (tertiary/aromatic N) is 1. The first-order valence-corrected chi connectivity index (χ1v) is 5.49. The summed E-state index contributed by atoms with van der Waals surface area (Å²) in [6.45, 7) is 8.80. The fraction of sp³-hybridized carbons (Fsp3) is 0.357. The monoisotopic (exact) mass is 215 g/mol. The SMILES string of the molecule is Cc1c(-c2cnco2)cccc1C(C)(C)C. The number of hydrogen-bond acceptors (Lipinski definition) is 2. The molecular formula is C14H17NO. The molecule has 84 valence electrons. The molecule has 2 nitrogen and oxygen atoms in total. The Balaban J connectivity index is 2.58. The minimum absolute atomic E-state index is 0.153. The summed E-state index contributed by atoms with van der Waals surface area (Å²) in [5.41, 5.74) is 3.90. The van der Waals surface area contributed by atoms with Gasteiger partial charge in [-0.2, -0.15) is 0 Å². The van der Waals surface area contributed by atoms with Crippen molar-refractivity contribution in [1.29, 1.82) is 0 Å². The molecule has 0 spiro atoms. The molecule has 0 amide bonds. The molecule has 0 radical (unpaired) electrons. The average Bonchev–Trinajstić information content (AvgIpc) is 2.69. The minimum Gasteiger partial charge on any atom is -0.444 e. The lowest BCUT2D eigenvalue weighted by molar-refractivity contribution is 0.568. The summed E-state index contributed by atoms with van der Waals surface area (Å²) in [7, 11) is 0. The molecule has 0 bridgehead atoms. The van der Waals surface area contributed by atoms with Gasteiger partial charge in [-0.05, 0) is 23.5 Å². The zero-order valence-corrected chi connectivity index (χ0v) is 10.2. The Kier molecular flexibility index (Phi) is 2.58.